The van der Waals surface area contributed by atoms with Gasteiger partial charge in [-0.3, -0.25) is 0 Å². The SMILES string of the molecule is CCN1CCC(c2cc3c(N[C@H](C)c4cccc(C(F)(F)F)c4F)ncnc3nc2OC)CC1. The first kappa shape index (κ1) is 24.1. The summed E-state index contributed by atoms with van der Waals surface area (Å²) in [6.07, 6.45) is -1.55. The molecule has 3 aromatic rings. The van der Waals surface area contributed by atoms with Crippen LogP contribution in [0.3, 0.4) is 0 Å². The van der Waals surface area contributed by atoms with Crippen LogP contribution in [0.2, 0.25) is 0 Å². The predicted molar refractivity (Wildman–Crippen MR) is 121 cm³/mol. The third-order valence-electron chi connectivity index (χ3n) is 6.44. The number of pyridine rings is 1. The molecule has 1 saturated heterocycles. The molecule has 1 atom stereocenters. The number of hydrogen-bond acceptors (Lipinski definition) is 6. The molecule has 182 valence electrons. The molecule has 1 aliphatic rings. The minimum absolute atomic E-state index is 0.102. The highest BCUT2D eigenvalue weighted by Gasteiger charge is 2.35. The Kier molecular flexibility index (Phi) is 6.88. The molecule has 0 radical (unpaired) electrons. The van der Waals surface area contributed by atoms with Crippen molar-refractivity contribution >= 4 is 16.9 Å². The van der Waals surface area contributed by atoms with E-state index in [0.29, 0.717) is 22.7 Å². The van der Waals surface area contributed by atoms with Crippen LogP contribution in [0, 0.1) is 5.82 Å². The number of nitrogens with zero attached hydrogens (tertiary/aromatic N) is 4. The normalized spacial score (nSPS) is 16.6. The van der Waals surface area contributed by atoms with E-state index in [0.717, 1.165) is 44.1 Å². The van der Waals surface area contributed by atoms with Crippen molar-refractivity contribution < 1.29 is 22.3 Å². The standard InChI is InChI=1S/C24H27F4N5O/c1-4-33-10-8-15(9-11-33)17-12-18-21(29-13-30-22(18)32-23(17)34-3)31-14(2)16-6-5-7-19(20(16)25)24(26,27)28/h5-7,12-15H,4,8-11H2,1-3H3,(H,29,30,31,32)/t14-/m1/s1. The predicted octanol–water partition coefficient (Wildman–Crippen LogP) is 5.56. The molecule has 0 unspecified atom stereocenters. The Morgan fingerprint density at radius 1 is 1.21 bits per heavy atom. The molecule has 1 fully saturated rings. The molecule has 0 bridgehead atoms. The summed E-state index contributed by atoms with van der Waals surface area (Å²) in [4.78, 5) is 15.5. The van der Waals surface area contributed by atoms with Gasteiger partial charge in [0.15, 0.2) is 5.65 Å². The zero-order valence-corrected chi connectivity index (χ0v) is 19.3. The van der Waals surface area contributed by atoms with Crippen molar-refractivity contribution in [3.8, 4) is 5.88 Å². The Labute approximate surface area is 195 Å². The van der Waals surface area contributed by atoms with Crippen molar-refractivity contribution in [2.45, 2.75) is 44.8 Å². The van der Waals surface area contributed by atoms with E-state index in [1.807, 2.05) is 6.07 Å². The average molecular weight is 478 g/mol. The van der Waals surface area contributed by atoms with Gasteiger partial charge in [0.05, 0.1) is 24.1 Å². The highest BCUT2D eigenvalue weighted by atomic mass is 19.4. The molecule has 6 nitrogen and oxygen atoms in total. The molecule has 3 heterocycles. The molecule has 10 heteroatoms. The molecule has 1 aliphatic heterocycles. The number of fused-ring (bicyclic) bond motifs is 1. The maximum Gasteiger partial charge on any atom is 0.419 e. The number of methoxy groups -OCH3 is 1. The minimum Gasteiger partial charge on any atom is -0.481 e. The summed E-state index contributed by atoms with van der Waals surface area (Å²) in [6.45, 7) is 6.69. The van der Waals surface area contributed by atoms with Gasteiger partial charge in [0.1, 0.15) is 18.0 Å². The number of benzene rings is 1. The first-order chi connectivity index (χ1) is 16.2. The molecule has 0 amide bonds. The fourth-order valence-corrected chi connectivity index (χ4v) is 4.50. The van der Waals surface area contributed by atoms with E-state index < -0.39 is 23.6 Å². The number of nitrogens with one attached hydrogen (secondary N) is 1. The lowest BCUT2D eigenvalue weighted by Gasteiger charge is -2.31. The van der Waals surface area contributed by atoms with Crippen LogP contribution in [-0.2, 0) is 6.18 Å². The first-order valence-corrected chi connectivity index (χ1v) is 11.3. The largest absolute Gasteiger partial charge is 0.481 e. The van der Waals surface area contributed by atoms with Crippen molar-refractivity contribution in [1.29, 1.82) is 0 Å². The lowest BCUT2D eigenvalue weighted by Crippen LogP contribution is -2.32. The molecule has 34 heavy (non-hydrogen) atoms. The van der Waals surface area contributed by atoms with Gasteiger partial charge in [0, 0.05) is 11.1 Å². The van der Waals surface area contributed by atoms with E-state index >= 15 is 0 Å². The van der Waals surface area contributed by atoms with Gasteiger partial charge in [0.2, 0.25) is 5.88 Å². The topological polar surface area (TPSA) is 63.2 Å². The number of likely N-dealkylation sites (tertiary alicyclic amines) is 1. The van der Waals surface area contributed by atoms with Gasteiger partial charge < -0.3 is 15.0 Å². The van der Waals surface area contributed by atoms with Gasteiger partial charge in [-0.15, -0.1) is 0 Å². The number of alkyl halides is 3. The molecule has 4 rings (SSSR count). The van der Waals surface area contributed by atoms with E-state index in [-0.39, 0.29) is 11.5 Å². The van der Waals surface area contributed by atoms with Crippen LogP contribution in [0.5, 0.6) is 5.88 Å². The van der Waals surface area contributed by atoms with Crippen LogP contribution in [0.15, 0.2) is 30.6 Å². The van der Waals surface area contributed by atoms with Crippen molar-refractivity contribution in [3.05, 3.63) is 53.1 Å². The smallest absolute Gasteiger partial charge is 0.419 e. The Morgan fingerprint density at radius 3 is 2.59 bits per heavy atom. The quantitative estimate of drug-likeness (QED) is 0.469. The van der Waals surface area contributed by atoms with Crippen molar-refractivity contribution in [1.82, 2.24) is 19.9 Å². The van der Waals surface area contributed by atoms with Gasteiger partial charge in [-0.25, -0.2) is 14.4 Å². The summed E-state index contributed by atoms with van der Waals surface area (Å²) < 4.78 is 59.7. The van der Waals surface area contributed by atoms with Gasteiger partial charge >= 0.3 is 6.18 Å². The van der Waals surface area contributed by atoms with Crippen LogP contribution in [0.4, 0.5) is 23.4 Å². The second-order valence-corrected chi connectivity index (χ2v) is 8.46. The lowest BCUT2D eigenvalue weighted by molar-refractivity contribution is -0.140. The van der Waals surface area contributed by atoms with E-state index in [1.54, 1.807) is 14.0 Å². The third kappa shape index (κ3) is 4.77. The number of piperidine rings is 1. The van der Waals surface area contributed by atoms with E-state index in [1.165, 1.54) is 18.5 Å². The van der Waals surface area contributed by atoms with Gasteiger partial charge in [-0.2, -0.15) is 18.2 Å². The van der Waals surface area contributed by atoms with Crippen LogP contribution < -0.4 is 10.1 Å². The second-order valence-electron chi connectivity index (χ2n) is 8.46. The summed E-state index contributed by atoms with van der Waals surface area (Å²) in [5, 5.41) is 3.66. The Balaban J connectivity index is 1.69. The number of anilines is 1. The van der Waals surface area contributed by atoms with Crippen molar-refractivity contribution in [3.63, 3.8) is 0 Å². The third-order valence-corrected chi connectivity index (χ3v) is 6.44. The lowest BCUT2D eigenvalue weighted by atomic mass is 9.89. The fourth-order valence-electron chi connectivity index (χ4n) is 4.50. The highest BCUT2D eigenvalue weighted by molar-refractivity contribution is 5.87. The first-order valence-electron chi connectivity index (χ1n) is 11.3. The Bertz CT molecular complexity index is 1160. The number of ether oxygens (including phenoxy) is 1. The van der Waals surface area contributed by atoms with E-state index in [4.69, 9.17) is 4.74 Å². The number of aromatic nitrogens is 3. The maximum absolute atomic E-state index is 14.7. The summed E-state index contributed by atoms with van der Waals surface area (Å²) in [7, 11) is 1.57. The highest BCUT2D eigenvalue weighted by Crippen LogP contribution is 2.37. The molecular weight excluding hydrogens is 450 g/mol. The van der Waals surface area contributed by atoms with Crippen molar-refractivity contribution in [2.75, 3.05) is 32.1 Å². The molecule has 0 spiro atoms. The molecule has 2 aromatic heterocycles. The van der Waals surface area contributed by atoms with Gasteiger partial charge in [0.25, 0.3) is 0 Å². The second kappa shape index (κ2) is 9.69. The zero-order chi connectivity index (χ0) is 24.5. The minimum atomic E-state index is -4.77. The average Bonchev–Trinajstić information content (AvgIpc) is 2.82. The number of halogens is 4. The molecule has 0 aliphatic carbocycles. The fraction of sp³-hybridized carbons (Fsp3) is 0.458. The van der Waals surface area contributed by atoms with Crippen LogP contribution in [-0.4, -0.2) is 46.6 Å². The molecule has 1 aromatic carbocycles. The monoisotopic (exact) mass is 477 g/mol. The number of hydrogen-bond donors (Lipinski definition) is 1. The molecule has 0 saturated carbocycles. The summed E-state index contributed by atoms with van der Waals surface area (Å²) in [5.74, 6) is -0.168. The Morgan fingerprint density at radius 2 is 1.94 bits per heavy atom. The van der Waals surface area contributed by atoms with Gasteiger partial charge in [-0.05, 0) is 57.5 Å². The summed E-state index contributed by atoms with van der Waals surface area (Å²) in [5.41, 5.74) is -0.0594. The van der Waals surface area contributed by atoms with E-state index in [9.17, 15) is 17.6 Å². The molecule has 1 N–H and O–H groups in total. The van der Waals surface area contributed by atoms with Crippen LogP contribution >= 0.6 is 0 Å². The summed E-state index contributed by atoms with van der Waals surface area (Å²) >= 11 is 0. The summed E-state index contributed by atoms with van der Waals surface area (Å²) in [6, 6.07) is 4.42. The zero-order valence-electron chi connectivity index (χ0n) is 19.3. The van der Waals surface area contributed by atoms with Crippen LogP contribution in [0.25, 0.3) is 11.0 Å². The Hall–Kier alpha value is -3.01. The van der Waals surface area contributed by atoms with E-state index in [2.05, 4.69) is 32.1 Å². The van der Waals surface area contributed by atoms with Crippen LogP contribution in [0.1, 0.15) is 55.3 Å². The number of rotatable bonds is 6. The maximum atomic E-state index is 14.7. The molecular formula is C24H27F4N5O. The van der Waals surface area contributed by atoms with Crippen molar-refractivity contribution in [2.24, 2.45) is 0 Å². The van der Waals surface area contributed by atoms with Gasteiger partial charge in [-0.1, -0.05) is 19.1 Å².